The van der Waals surface area contributed by atoms with Crippen molar-refractivity contribution >= 4 is 29.9 Å². The van der Waals surface area contributed by atoms with Gasteiger partial charge in [-0.2, -0.15) is 0 Å². The van der Waals surface area contributed by atoms with Gasteiger partial charge in [0.25, 0.3) is 0 Å². The van der Waals surface area contributed by atoms with E-state index in [1.807, 2.05) is 7.05 Å². The molecular weight excluding hydrogens is 441 g/mol. The summed E-state index contributed by atoms with van der Waals surface area (Å²) in [6.45, 7) is 9.54. The third-order valence-corrected chi connectivity index (χ3v) is 6.07. The Kier molecular flexibility index (Phi) is 11.4. The van der Waals surface area contributed by atoms with Crippen molar-refractivity contribution < 1.29 is 9.47 Å². The van der Waals surface area contributed by atoms with Crippen LogP contribution in [0.3, 0.4) is 0 Å². The summed E-state index contributed by atoms with van der Waals surface area (Å²) in [5, 5.41) is 7.16. The first-order valence-corrected chi connectivity index (χ1v) is 10.3. The Bertz CT molecular complexity index is 408. The van der Waals surface area contributed by atoms with Gasteiger partial charge in [-0.25, -0.2) is 0 Å². The van der Waals surface area contributed by atoms with E-state index in [2.05, 4.69) is 29.5 Å². The maximum Gasteiger partial charge on any atom is 0.191 e. The Morgan fingerprint density at radius 2 is 1.31 bits per heavy atom. The highest BCUT2D eigenvalue weighted by molar-refractivity contribution is 14.0. The lowest BCUT2D eigenvalue weighted by Crippen LogP contribution is -2.45. The number of guanidine groups is 1. The third-order valence-electron chi connectivity index (χ3n) is 6.07. The first-order chi connectivity index (χ1) is 12.2. The first-order valence-electron chi connectivity index (χ1n) is 10.3. The lowest BCUT2D eigenvalue weighted by atomic mass is 9.83. The van der Waals surface area contributed by atoms with Gasteiger partial charge < -0.3 is 20.1 Å². The molecule has 0 aromatic carbocycles. The zero-order valence-corrected chi connectivity index (χ0v) is 19.4. The molecule has 154 valence electrons. The summed E-state index contributed by atoms with van der Waals surface area (Å²) >= 11 is 0. The molecule has 2 aliphatic carbocycles. The zero-order chi connectivity index (χ0) is 18.0. The predicted octanol–water partition coefficient (Wildman–Crippen LogP) is 3.96. The number of halogens is 1. The molecule has 0 heterocycles. The number of hydrogen-bond donors (Lipinski definition) is 2. The van der Waals surface area contributed by atoms with Gasteiger partial charge >= 0.3 is 0 Å². The Morgan fingerprint density at radius 1 is 0.846 bits per heavy atom. The van der Waals surface area contributed by atoms with Gasteiger partial charge in [-0.15, -0.1) is 24.0 Å². The molecule has 0 bridgehead atoms. The molecule has 0 spiro atoms. The molecule has 0 aromatic heterocycles. The van der Waals surface area contributed by atoms with E-state index in [9.17, 15) is 0 Å². The van der Waals surface area contributed by atoms with Crippen molar-refractivity contribution in [2.24, 2.45) is 15.8 Å². The molecule has 0 amide bonds. The molecule has 2 saturated carbocycles. The van der Waals surface area contributed by atoms with Crippen LogP contribution in [0.15, 0.2) is 4.99 Å². The van der Waals surface area contributed by atoms with Gasteiger partial charge in [0.1, 0.15) is 0 Å². The van der Waals surface area contributed by atoms with E-state index in [0.29, 0.717) is 10.8 Å². The van der Waals surface area contributed by atoms with Crippen molar-refractivity contribution in [2.45, 2.75) is 65.2 Å². The molecule has 2 fully saturated rings. The number of nitrogens with one attached hydrogen (secondary N) is 2. The minimum Gasteiger partial charge on any atom is -0.382 e. The molecule has 0 unspecified atom stereocenters. The lowest BCUT2D eigenvalue weighted by molar-refractivity contribution is 0.105. The summed E-state index contributed by atoms with van der Waals surface area (Å²) in [5.74, 6) is 0.949. The highest BCUT2D eigenvalue weighted by Crippen LogP contribution is 2.48. The summed E-state index contributed by atoms with van der Waals surface area (Å²) in [6, 6.07) is 0. The van der Waals surface area contributed by atoms with Crippen LogP contribution >= 0.6 is 24.0 Å². The minimum atomic E-state index is 0. The third kappa shape index (κ3) is 7.89. The molecule has 26 heavy (non-hydrogen) atoms. The average Bonchev–Trinajstić information content (AvgIpc) is 3.24. The van der Waals surface area contributed by atoms with Crippen molar-refractivity contribution in [1.29, 1.82) is 0 Å². The van der Waals surface area contributed by atoms with Crippen molar-refractivity contribution in [1.82, 2.24) is 10.6 Å². The summed E-state index contributed by atoms with van der Waals surface area (Å²) in [5.41, 5.74) is 0.825. The number of rotatable bonds is 12. The van der Waals surface area contributed by atoms with Crippen LogP contribution in [-0.2, 0) is 9.47 Å². The van der Waals surface area contributed by atoms with Crippen LogP contribution in [0.5, 0.6) is 0 Å². The second-order valence-corrected chi connectivity index (χ2v) is 7.88. The molecule has 0 saturated heterocycles. The highest BCUT2D eigenvalue weighted by Gasteiger charge is 2.42. The van der Waals surface area contributed by atoms with Crippen LogP contribution in [0.2, 0.25) is 0 Å². The van der Waals surface area contributed by atoms with E-state index in [1.165, 1.54) is 38.5 Å². The van der Waals surface area contributed by atoms with Crippen LogP contribution in [0, 0.1) is 10.8 Å². The number of nitrogens with zero attached hydrogens (tertiary/aromatic N) is 1. The van der Waals surface area contributed by atoms with Gasteiger partial charge in [0.05, 0.1) is 0 Å². The smallest absolute Gasteiger partial charge is 0.191 e. The van der Waals surface area contributed by atoms with Crippen molar-refractivity contribution in [2.75, 3.05) is 46.6 Å². The van der Waals surface area contributed by atoms with Gasteiger partial charge in [0, 0.05) is 46.6 Å². The number of ether oxygens (including phenoxy) is 2. The standard InChI is InChI=1S/C20H39N3O2.HI/c1-4-24-14-12-19(8-6-7-9-19)16-22-18(21-3)23-17-20(10-11-20)13-15-25-5-2;/h4-17H2,1-3H3,(H2,21,22,23);1H. The summed E-state index contributed by atoms with van der Waals surface area (Å²) in [7, 11) is 1.87. The monoisotopic (exact) mass is 481 g/mol. The van der Waals surface area contributed by atoms with Gasteiger partial charge in [-0.1, -0.05) is 12.8 Å². The second kappa shape index (κ2) is 12.4. The topological polar surface area (TPSA) is 54.9 Å². The molecule has 2 aliphatic rings. The number of aliphatic imine (C=N–C) groups is 1. The molecule has 0 aromatic rings. The fourth-order valence-electron chi connectivity index (χ4n) is 3.96. The van der Waals surface area contributed by atoms with E-state index in [-0.39, 0.29) is 24.0 Å². The fourth-order valence-corrected chi connectivity index (χ4v) is 3.96. The van der Waals surface area contributed by atoms with E-state index < -0.39 is 0 Å². The Morgan fingerprint density at radius 3 is 1.69 bits per heavy atom. The average molecular weight is 481 g/mol. The van der Waals surface area contributed by atoms with E-state index >= 15 is 0 Å². The molecule has 2 N–H and O–H groups in total. The first kappa shape index (κ1) is 24.0. The normalized spacial score (nSPS) is 20.5. The van der Waals surface area contributed by atoms with Gasteiger partial charge in [0.2, 0.25) is 0 Å². The SMILES string of the molecule is CCOCCC1(CNC(=NC)NCC2(CCOCC)CC2)CCCC1.I. The van der Waals surface area contributed by atoms with E-state index in [4.69, 9.17) is 9.47 Å². The number of hydrogen-bond acceptors (Lipinski definition) is 3. The molecule has 2 rings (SSSR count). The van der Waals surface area contributed by atoms with Crippen molar-refractivity contribution in [3.8, 4) is 0 Å². The fraction of sp³-hybridized carbons (Fsp3) is 0.950. The summed E-state index contributed by atoms with van der Waals surface area (Å²) < 4.78 is 11.1. The maximum absolute atomic E-state index is 5.62. The molecule has 6 heteroatoms. The van der Waals surface area contributed by atoms with Crippen molar-refractivity contribution in [3.05, 3.63) is 0 Å². The molecule has 0 atom stereocenters. The molecular formula is C20H40IN3O2. The highest BCUT2D eigenvalue weighted by atomic mass is 127. The predicted molar refractivity (Wildman–Crippen MR) is 120 cm³/mol. The Labute approximate surface area is 177 Å². The Balaban J connectivity index is 0.00000338. The molecule has 0 radical (unpaired) electrons. The summed E-state index contributed by atoms with van der Waals surface area (Å²) in [4.78, 5) is 4.44. The zero-order valence-electron chi connectivity index (χ0n) is 17.1. The maximum atomic E-state index is 5.62. The lowest BCUT2D eigenvalue weighted by Gasteiger charge is -2.30. The van der Waals surface area contributed by atoms with Crippen LogP contribution in [0.25, 0.3) is 0 Å². The molecule has 5 nitrogen and oxygen atoms in total. The van der Waals surface area contributed by atoms with Gasteiger partial charge in [0.15, 0.2) is 5.96 Å². The molecule has 0 aliphatic heterocycles. The van der Waals surface area contributed by atoms with Crippen LogP contribution in [0.1, 0.15) is 65.2 Å². The second-order valence-electron chi connectivity index (χ2n) is 7.88. The van der Waals surface area contributed by atoms with Gasteiger partial charge in [-0.05, 0) is 63.2 Å². The Hall–Kier alpha value is -0.0800. The van der Waals surface area contributed by atoms with Crippen LogP contribution in [-0.4, -0.2) is 52.5 Å². The largest absolute Gasteiger partial charge is 0.382 e. The van der Waals surface area contributed by atoms with Crippen LogP contribution in [0.4, 0.5) is 0 Å². The quantitative estimate of drug-likeness (QED) is 0.192. The van der Waals surface area contributed by atoms with E-state index in [0.717, 1.165) is 58.3 Å². The summed E-state index contributed by atoms with van der Waals surface area (Å²) in [6.07, 6.45) is 10.2. The van der Waals surface area contributed by atoms with Crippen molar-refractivity contribution in [3.63, 3.8) is 0 Å². The minimum absolute atomic E-state index is 0. The van der Waals surface area contributed by atoms with Crippen LogP contribution < -0.4 is 10.6 Å². The van der Waals surface area contributed by atoms with Gasteiger partial charge in [-0.3, -0.25) is 4.99 Å². The van der Waals surface area contributed by atoms with E-state index in [1.54, 1.807) is 0 Å².